The lowest BCUT2D eigenvalue weighted by molar-refractivity contribution is -0.132. The summed E-state index contributed by atoms with van der Waals surface area (Å²) in [5.74, 6) is -0.152. The molecule has 1 aliphatic heterocycles. The first-order valence-corrected chi connectivity index (χ1v) is 12.6. The van der Waals surface area contributed by atoms with Gasteiger partial charge in [0.1, 0.15) is 29.1 Å². The molecule has 0 bridgehead atoms. The molecule has 1 atom stereocenters. The Morgan fingerprint density at radius 1 is 1.11 bits per heavy atom. The number of aliphatic hydroxyl groups excluding tert-OH is 1. The van der Waals surface area contributed by atoms with E-state index < -0.39 is 17.7 Å². The Morgan fingerprint density at radius 3 is 2.53 bits per heavy atom. The molecule has 1 N–H and O–H groups in total. The first-order chi connectivity index (χ1) is 17.3. The van der Waals surface area contributed by atoms with Gasteiger partial charge in [-0.1, -0.05) is 24.3 Å². The SMILES string of the molecule is CCCOc1ccc(C(O)=C2C(=O)C(=O)N(c3nc4c(C)cc(C)cc4s3)C2c2ccc(C)o2)cc1. The minimum atomic E-state index is -0.948. The summed E-state index contributed by atoms with van der Waals surface area (Å²) in [6.07, 6.45) is 0.874. The summed E-state index contributed by atoms with van der Waals surface area (Å²) in [5.41, 5.74) is 3.21. The fourth-order valence-corrected chi connectivity index (χ4v) is 5.61. The van der Waals surface area contributed by atoms with Gasteiger partial charge in [-0.3, -0.25) is 14.5 Å². The second-order valence-electron chi connectivity index (χ2n) is 8.92. The van der Waals surface area contributed by atoms with Gasteiger partial charge in [0.2, 0.25) is 0 Å². The van der Waals surface area contributed by atoms with Gasteiger partial charge in [0.05, 0.1) is 22.4 Å². The highest BCUT2D eigenvalue weighted by molar-refractivity contribution is 7.22. The van der Waals surface area contributed by atoms with Crippen LogP contribution in [0.15, 0.2) is 58.5 Å². The number of ether oxygens (including phenoxy) is 1. The number of carbonyl (C=O) groups excluding carboxylic acids is 2. The normalized spacial score (nSPS) is 17.3. The number of thiazole rings is 1. The van der Waals surface area contributed by atoms with Crippen molar-refractivity contribution in [3.05, 3.63) is 82.3 Å². The molecule has 4 aromatic rings. The molecule has 3 heterocycles. The van der Waals surface area contributed by atoms with Crippen LogP contribution in [-0.2, 0) is 9.59 Å². The molecule has 36 heavy (non-hydrogen) atoms. The average molecular weight is 503 g/mol. The zero-order chi connectivity index (χ0) is 25.6. The number of fused-ring (bicyclic) bond motifs is 1. The third-order valence-corrected chi connectivity index (χ3v) is 7.10. The molecule has 2 aromatic heterocycles. The van der Waals surface area contributed by atoms with E-state index in [9.17, 15) is 14.7 Å². The molecule has 1 aliphatic rings. The summed E-state index contributed by atoms with van der Waals surface area (Å²) in [6.45, 7) is 8.35. The summed E-state index contributed by atoms with van der Waals surface area (Å²) in [7, 11) is 0. The molecule has 1 saturated heterocycles. The van der Waals surface area contributed by atoms with Gasteiger partial charge in [-0.2, -0.15) is 0 Å². The number of nitrogens with zero attached hydrogens (tertiary/aromatic N) is 2. The largest absolute Gasteiger partial charge is 0.507 e. The quantitative estimate of drug-likeness (QED) is 0.191. The van der Waals surface area contributed by atoms with Crippen LogP contribution in [-0.4, -0.2) is 28.4 Å². The Hall–Kier alpha value is -3.91. The van der Waals surface area contributed by atoms with Crippen molar-refractivity contribution in [2.45, 2.75) is 40.2 Å². The van der Waals surface area contributed by atoms with Crippen LogP contribution in [0.2, 0.25) is 0 Å². The van der Waals surface area contributed by atoms with E-state index >= 15 is 0 Å². The van der Waals surface area contributed by atoms with Crippen molar-refractivity contribution in [2.75, 3.05) is 11.5 Å². The molecule has 1 fully saturated rings. The van der Waals surface area contributed by atoms with E-state index in [4.69, 9.17) is 14.1 Å². The Bertz CT molecular complexity index is 1510. The highest BCUT2D eigenvalue weighted by Gasteiger charge is 2.49. The average Bonchev–Trinajstić information content (AvgIpc) is 3.54. The number of hydrogen-bond donors (Lipinski definition) is 1. The molecule has 2 aromatic carbocycles. The second-order valence-corrected chi connectivity index (χ2v) is 9.92. The van der Waals surface area contributed by atoms with Crippen molar-refractivity contribution >= 4 is 44.1 Å². The molecule has 1 amide bonds. The first-order valence-electron chi connectivity index (χ1n) is 11.8. The number of hydrogen-bond acceptors (Lipinski definition) is 7. The fraction of sp³-hybridized carbons (Fsp3) is 0.250. The highest BCUT2D eigenvalue weighted by atomic mass is 32.1. The van der Waals surface area contributed by atoms with Gasteiger partial charge >= 0.3 is 5.91 Å². The lowest BCUT2D eigenvalue weighted by Crippen LogP contribution is -2.29. The van der Waals surface area contributed by atoms with Crippen LogP contribution in [0.3, 0.4) is 0 Å². The van der Waals surface area contributed by atoms with E-state index in [2.05, 4.69) is 0 Å². The van der Waals surface area contributed by atoms with Gasteiger partial charge in [0.25, 0.3) is 5.78 Å². The number of furan rings is 1. The number of benzene rings is 2. The monoisotopic (exact) mass is 502 g/mol. The van der Waals surface area contributed by atoms with Crippen LogP contribution in [0, 0.1) is 20.8 Å². The zero-order valence-corrected chi connectivity index (χ0v) is 21.3. The molecular weight excluding hydrogens is 476 g/mol. The number of anilines is 1. The van der Waals surface area contributed by atoms with E-state index in [1.165, 1.54) is 16.2 Å². The molecule has 0 saturated carbocycles. The molecule has 0 aliphatic carbocycles. The molecule has 8 heteroatoms. The van der Waals surface area contributed by atoms with E-state index in [1.54, 1.807) is 43.3 Å². The van der Waals surface area contributed by atoms with Gasteiger partial charge in [-0.25, -0.2) is 4.98 Å². The van der Waals surface area contributed by atoms with Crippen molar-refractivity contribution in [2.24, 2.45) is 0 Å². The van der Waals surface area contributed by atoms with Crippen molar-refractivity contribution in [3.8, 4) is 5.75 Å². The third kappa shape index (κ3) is 4.07. The second kappa shape index (κ2) is 9.28. The van der Waals surface area contributed by atoms with Gasteiger partial charge in [0, 0.05) is 5.56 Å². The number of aliphatic hydroxyl groups is 1. The van der Waals surface area contributed by atoms with Crippen LogP contribution in [0.4, 0.5) is 5.13 Å². The van der Waals surface area contributed by atoms with Crippen molar-refractivity contribution in [1.29, 1.82) is 0 Å². The van der Waals surface area contributed by atoms with E-state index in [1.807, 2.05) is 32.9 Å². The number of ketones is 1. The first kappa shape index (κ1) is 23.8. The molecule has 7 nitrogen and oxygen atoms in total. The topological polar surface area (TPSA) is 92.9 Å². The predicted molar refractivity (Wildman–Crippen MR) is 140 cm³/mol. The van der Waals surface area contributed by atoms with Crippen LogP contribution in [0.25, 0.3) is 16.0 Å². The summed E-state index contributed by atoms with van der Waals surface area (Å²) >= 11 is 1.33. The van der Waals surface area contributed by atoms with Gasteiger partial charge in [0.15, 0.2) is 5.13 Å². The third-order valence-electron chi connectivity index (χ3n) is 6.10. The summed E-state index contributed by atoms with van der Waals surface area (Å²) < 4.78 is 12.4. The van der Waals surface area contributed by atoms with Crippen LogP contribution < -0.4 is 9.64 Å². The molecule has 0 radical (unpaired) electrons. The number of carbonyl (C=O) groups is 2. The summed E-state index contributed by atoms with van der Waals surface area (Å²) in [6, 6.07) is 13.4. The number of aryl methyl sites for hydroxylation is 3. The molecule has 1 unspecified atom stereocenters. The van der Waals surface area contributed by atoms with Crippen molar-refractivity contribution in [1.82, 2.24) is 4.98 Å². The standard InChI is InChI=1S/C28H26N2O5S/c1-5-12-34-19-9-7-18(8-10-19)25(31)22-24(20-11-6-17(4)35-20)30(27(33)26(22)32)28-29-23-16(3)13-15(2)14-21(23)36-28/h6-11,13-14,24,31H,5,12H2,1-4H3. The summed E-state index contributed by atoms with van der Waals surface area (Å²) in [4.78, 5) is 32.8. The Kier molecular flexibility index (Phi) is 6.14. The zero-order valence-electron chi connectivity index (χ0n) is 20.5. The lowest BCUT2D eigenvalue weighted by atomic mass is 9.99. The van der Waals surface area contributed by atoms with Crippen LogP contribution >= 0.6 is 11.3 Å². The van der Waals surface area contributed by atoms with E-state index in [0.717, 1.165) is 27.8 Å². The minimum Gasteiger partial charge on any atom is -0.507 e. The molecular formula is C28H26N2O5S. The van der Waals surface area contributed by atoms with Gasteiger partial charge in [-0.15, -0.1) is 0 Å². The van der Waals surface area contributed by atoms with Gasteiger partial charge in [-0.05, 0) is 80.8 Å². The predicted octanol–water partition coefficient (Wildman–Crippen LogP) is 6.23. The minimum absolute atomic E-state index is 0.0382. The number of aromatic nitrogens is 1. The molecule has 5 rings (SSSR count). The van der Waals surface area contributed by atoms with Crippen LogP contribution in [0.1, 0.15) is 47.6 Å². The molecule has 0 spiro atoms. The Balaban J connectivity index is 1.65. The Labute approximate surface area is 212 Å². The maximum Gasteiger partial charge on any atom is 0.302 e. The number of Topliss-reactive ketones (excluding diaryl/α,β-unsaturated/α-hetero) is 1. The van der Waals surface area contributed by atoms with Crippen molar-refractivity contribution in [3.63, 3.8) is 0 Å². The Morgan fingerprint density at radius 2 is 1.86 bits per heavy atom. The number of rotatable bonds is 6. The molecule has 184 valence electrons. The smallest absolute Gasteiger partial charge is 0.302 e. The van der Waals surface area contributed by atoms with E-state index in [-0.39, 0.29) is 11.3 Å². The van der Waals surface area contributed by atoms with E-state index in [0.29, 0.717) is 34.6 Å². The summed E-state index contributed by atoms with van der Waals surface area (Å²) in [5, 5.41) is 11.7. The maximum absolute atomic E-state index is 13.4. The van der Waals surface area contributed by atoms with Crippen LogP contribution in [0.5, 0.6) is 5.75 Å². The maximum atomic E-state index is 13.4. The highest BCUT2D eigenvalue weighted by Crippen LogP contribution is 2.45. The van der Waals surface area contributed by atoms with Crippen molar-refractivity contribution < 1.29 is 23.8 Å². The van der Waals surface area contributed by atoms with Gasteiger partial charge < -0.3 is 14.3 Å². The number of amides is 1. The fourth-order valence-electron chi connectivity index (χ4n) is 4.45. The lowest BCUT2D eigenvalue weighted by Gasteiger charge is -2.20.